The van der Waals surface area contributed by atoms with Crippen molar-refractivity contribution in [1.29, 1.82) is 0 Å². The fourth-order valence-electron chi connectivity index (χ4n) is 3.15. The van der Waals surface area contributed by atoms with E-state index in [1.807, 2.05) is 25.1 Å². The van der Waals surface area contributed by atoms with Crippen molar-refractivity contribution in [1.82, 2.24) is 9.97 Å². The number of amides is 1. The van der Waals surface area contributed by atoms with Gasteiger partial charge in [-0.05, 0) is 43.7 Å². The van der Waals surface area contributed by atoms with Crippen LogP contribution >= 0.6 is 0 Å². The highest BCUT2D eigenvalue weighted by Gasteiger charge is 2.16. The summed E-state index contributed by atoms with van der Waals surface area (Å²) in [7, 11) is 0. The number of rotatable bonds is 4. The Morgan fingerprint density at radius 2 is 2.00 bits per heavy atom. The van der Waals surface area contributed by atoms with Crippen molar-refractivity contribution in [2.24, 2.45) is 0 Å². The van der Waals surface area contributed by atoms with E-state index in [-0.39, 0.29) is 5.91 Å². The Labute approximate surface area is 143 Å². The second-order valence-electron chi connectivity index (χ2n) is 6.23. The highest BCUT2D eigenvalue weighted by molar-refractivity contribution is 6.04. The van der Waals surface area contributed by atoms with Gasteiger partial charge in [-0.2, -0.15) is 0 Å². The molecular weight excluding hydrogens is 300 g/mol. The van der Waals surface area contributed by atoms with E-state index in [9.17, 15) is 4.79 Å². The van der Waals surface area contributed by atoms with Gasteiger partial charge in [-0.25, -0.2) is 9.97 Å². The monoisotopic (exact) mass is 324 g/mol. The van der Waals surface area contributed by atoms with E-state index >= 15 is 0 Å². The third kappa shape index (κ3) is 3.55. The van der Waals surface area contributed by atoms with Gasteiger partial charge in [-0.15, -0.1) is 0 Å². The Hall–Kier alpha value is -2.43. The van der Waals surface area contributed by atoms with Crippen LogP contribution in [-0.4, -0.2) is 29.0 Å². The van der Waals surface area contributed by atoms with Crippen molar-refractivity contribution >= 4 is 17.4 Å². The van der Waals surface area contributed by atoms with Crippen LogP contribution in [0.25, 0.3) is 0 Å². The summed E-state index contributed by atoms with van der Waals surface area (Å²) in [5.41, 5.74) is 3.50. The number of para-hydroxylation sites is 1. The number of nitrogens with zero attached hydrogens (tertiary/aromatic N) is 3. The van der Waals surface area contributed by atoms with Crippen LogP contribution in [0.4, 0.5) is 11.5 Å². The zero-order valence-electron chi connectivity index (χ0n) is 14.4. The van der Waals surface area contributed by atoms with Crippen molar-refractivity contribution in [3.05, 3.63) is 47.4 Å². The Kier molecular flexibility index (Phi) is 5.08. The maximum Gasteiger partial charge on any atom is 0.274 e. The van der Waals surface area contributed by atoms with Gasteiger partial charge >= 0.3 is 0 Å². The number of anilines is 2. The van der Waals surface area contributed by atoms with Crippen LogP contribution in [0.3, 0.4) is 0 Å². The average Bonchev–Trinajstić information content (AvgIpc) is 2.64. The minimum absolute atomic E-state index is 0.181. The van der Waals surface area contributed by atoms with Crippen molar-refractivity contribution < 1.29 is 4.79 Å². The molecule has 5 heteroatoms. The van der Waals surface area contributed by atoms with Crippen LogP contribution < -0.4 is 10.2 Å². The largest absolute Gasteiger partial charge is 0.357 e. The molecule has 5 nitrogen and oxygen atoms in total. The predicted molar refractivity (Wildman–Crippen MR) is 96.6 cm³/mol. The molecule has 126 valence electrons. The second-order valence-corrected chi connectivity index (χ2v) is 6.23. The molecule has 1 aromatic carbocycles. The Morgan fingerprint density at radius 1 is 1.21 bits per heavy atom. The summed E-state index contributed by atoms with van der Waals surface area (Å²) in [5.74, 6) is 0.662. The molecule has 1 N–H and O–H groups in total. The molecule has 1 aliphatic rings. The molecule has 3 rings (SSSR count). The number of aromatic nitrogens is 2. The number of benzene rings is 1. The first-order chi connectivity index (χ1) is 11.7. The lowest BCUT2D eigenvalue weighted by molar-refractivity contribution is 0.102. The Bertz CT molecular complexity index is 723. The summed E-state index contributed by atoms with van der Waals surface area (Å²) in [6, 6.07) is 7.86. The van der Waals surface area contributed by atoms with Crippen LogP contribution in [0.5, 0.6) is 0 Å². The van der Waals surface area contributed by atoms with Crippen molar-refractivity contribution in [3.8, 4) is 0 Å². The molecule has 24 heavy (non-hydrogen) atoms. The number of carbonyl (C=O) groups excluding carboxylic acids is 1. The van der Waals surface area contributed by atoms with Gasteiger partial charge in [0.25, 0.3) is 5.91 Å². The van der Waals surface area contributed by atoms with Gasteiger partial charge in [-0.3, -0.25) is 4.79 Å². The maximum atomic E-state index is 12.6. The quantitative estimate of drug-likeness (QED) is 0.934. The van der Waals surface area contributed by atoms with Crippen molar-refractivity contribution in [3.63, 3.8) is 0 Å². The van der Waals surface area contributed by atoms with E-state index in [2.05, 4.69) is 27.1 Å². The van der Waals surface area contributed by atoms with Crippen molar-refractivity contribution in [2.75, 3.05) is 23.3 Å². The lowest BCUT2D eigenvalue weighted by Crippen LogP contribution is -2.30. The minimum Gasteiger partial charge on any atom is -0.357 e. The first kappa shape index (κ1) is 16.4. The van der Waals surface area contributed by atoms with Gasteiger partial charge < -0.3 is 10.2 Å². The van der Waals surface area contributed by atoms with Gasteiger partial charge in [0.2, 0.25) is 0 Å². The molecule has 1 saturated heterocycles. The normalized spacial score (nSPS) is 14.5. The first-order valence-corrected chi connectivity index (χ1v) is 8.66. The van der Waals surface area contributed by atoms with E-state index in [4.69, 9.17) is 0 Å². The van der Waals surface area contributed by atoms with E-state index in [0.717, 1.165) is 42.1 Å². The number of aryl methyl sites for hydroxylation is 2. The maximum absolute atomic E-state index is 12.6. The summed E-state index contributed by atoms with van der Waals surface area (Å²) in [4.78, 5) is 23.4. The van der Waals surface area contributed by atoms with Gasteiger partial charge in [0.15, 0.2) is 0 Å². The van der Waals surface area contributed by atoms with E-state index in [1.54, 1.807) is 6.07 Å². The molecule has 0 radical (unpaired) electrons. The van der Waals surface area contributed by atoms with E-state index in [1.165, 1.54) is 25.6 Å². The van der Waals surface area contributed by atoms with E-state index < -0.39 is 0 Å². The highest BCUT2D eigenvalue weighted by atomic mass is 16.1. The third-order valence-corrected chi connectivity index (χ3v) is 4.54. The summed E-state index contributed by atoms with van der Waals surface area (Å²) in [6.07, 6.45) is 5.97. The molecule has 0 saturated carbocycles. The Balaban J connectivity index is 1.81. The standard InChI is InChI=1S/C19H24N4O/c1-3-15-9-7-8-14(2)18(15)22-19(24)16-12-17(21-13-20-16)23-10-5-4-6-11-23/h7-9,12-13H,3-6,10-11H2,1-2H3,(H,22,24). The number of hydrogen-bond donors (Lipinski definition) is 1. The lowest BCUT2D eigenvalue weighted by atomic mass is 10.1. The average molecular weight is 324 g/mol. The molecule has 0 spiro atoms. The van der Waals surface area contributed by atoms with Gasteiger partial charge in [0, 0.05) is 24.8 Å². The fraction of sp³-hybridized carbons (Fsp3) is 0.421. The summed E-state index contributed by atoms with van der Waals surface area (Å²) >= 11 is 0. The van der Waals surface area contributed by atoms with E-state index in [0.29, 0.717) is 5.69 Å². The zero-order chi connectivity index (χ0) is 16.9. The van der Waals surface area contributed by atoms with Gasteiger partial charge in [-0.1, -0.05) is 25.1 Å². The smallest absolute Gasteiger partial charge is 0.274 e. The lowest BCUT2D eigenvalue weighted by Gasteiger charge is -2.27. The molecule has 0 atom stereocenters. The second kappa shape index (κ2) is 7.43. The molecule has 1 amide bonds. The van der Waals surface area contributed by atoms with Crippen LogP contribution in [0, 0.1) is 6.92 Å². The summed E-state index contributed by atoms with van der Waals surface area (Å²) in [6.45, 7) is 6.09. The number of hydrogen-bond acceptors (Lipinski definition) is 4. The number of nitrogens with one attached hydrogen (secondary N) is 1. The molecule has 1 aromatic heterocycles. The zero-order valence-corrected chi connectivity index (χ0v) is 14.4. The van der Waals surface area contributed by atoms with Crippen LogP contribution in [-0.2, 0) is 6.42 Å². The first-order valence-electron chi connectivity index (χ1n) is 8.66. The molecule has 1 fully saturated rings. The third-order valence-electron chi connectivity index (χ3n) is 4.54. The molecule has 0 bridgehead atoms. The number of carbonyl (C=O) groups is 1. The number of piperidine rings is 1. The SMILES string of the molecule is CCc1cccc(C)c1NC(=O)c1cc(N2CCCCC2)ncn1. The highest BCUT2D eigenvalue weighted by Crippen LogP contribution is 2.22. The molecule has 1 aliphatic heterocycles. The minimum atomic E-state index is -0.181. The molecule has 2 aromatic rings. The topological polar surface area (TPSA) is 58.1 Å². The Morgan fingerprint density at radius 3 is 2.75 bits per heavy atom. The molecule has 2 heterocycles. The van der Waals surface area contributed by atoms with Crippen molar-refractivity contribution in [2.45, 2.75) is 39.5 Å². The molecule has 0 unspecified atom stereocenters. The van der Waals surface area contributed by atoms with Crippen LogP contribution in [0.2, 0.25) is 0 Å². The predicted octanol–water partition coefficient (Wildman–Crippen LogP) is 3.59. The van der Waals surface area contributed by atoms with Crippen LogP contribution in [0.1, 0.15) is 47.8 Å². The summed E-state index contributed by atoms with van der Waals surface area (Å²) < 4.78 is 0. The fourth-order valence-corrected chi connectivity index (χ4v) is 3.15. The summed E-state index contributed by atoms with van der Waals surface area (Å²) in [5, 5.41) is 3.03. The van der Waals surface area contributed by atoms with Gasteiger partial charge in [0.1, 0.15) is 17.8 Å². The van der Waals surface area contributed by atoms with Crippen LogP contribution in [0.15, 0.2) is 30.6 Å². The molecule has 0 aliphatic carbocycles. The molecular formula is C19H24N4O. The van der Waals surface area contributed by atoms with Gasteiger partial charge in [0.05, 0.1) is 0 Å².